The van der Waals surface area contributed by atoms with E-state index in [1.165, 1.54) is 18.4 Å². The Morgan fingerprint density at radius 1 is 1.50 bits per heavy atom. The monoisotopic (exact) mass is 321 g/mol. The number of carbonyl (C=O) groups is 1. The predicted octanol–water partition coefficient (Wildman–Crippen LogP) is 1.78. The van der Waals surface area contributed by atoms with Gasteiger partial charge in [0.2, 0.25) is 5.91 Å². The van der Waals surface area contributed by atoms with Crippen LogP contribution in [-0.4, -0.2) is 42.1 Å². The highest BCUT2D eigenvalue weighted by atomic mass is 32.1. The summed E-state index contributed by atoms with van der Waals surface area (Å²) in [4.78, 5) is 18.4. The van der Waals surface area contributed by atoms with Crippen molar-refractivity contribution in [1.82, 2.24) is 15.2 Å². The molecule has 0 saturated heterocycles. The van der Waals surface area contributed by atoms with Gasteiger partial charge in [-0.05, 0) is 31.8 Å². The highest BCUT2D eigenvalue weighted by Crippen LogP contribution is 2.26. The van der Waals surface area contributed by atoms with E-state index in [1.807, 2.05) is 24.4 Å². The maximum Gasteiger partial charge on any atom is 0.243 e. The Bertz CT molecular complexity index is 629. The van der Waals surface area contributed by atoms with Crippen LogP contribution >= 0.6 is 11.3 Å². The van der Waals surface area contributed by atoms with Gasteiger partial charge in [-0.25, -0.2) is 4.98 Å². The Kier molecular flexibility index (Phi) is 5.35. The van der Waals surface area contributed by atoms with Gasteiger partial charge in [0.1, 0.15) is 6.04 Å². The van der Waals surface area contributed by atoms with Gasteiger partial charge in [-0.3, -0.25) is 9.69 Å². The minimum Gasteiger partial charge on any atom is -0.504 e. The smallest absolute Gasteiger partial charge is 0.243 e. The fraction of sp³-hybridized carbons (Fsp3) is 0.333. The lowest BCUT2D eigenvalue weighted by Crippen LogP contribution is -2.36. The van der Waals surface area contributed by atoms with Crippen LogP contribution in [0.2, 0.25) is 0 Å². The number of aromatic hydroxyl groups is 1. The molecule has 0 spiro atoms. The number of phenols is 1. The Morgan fingerprint density at radius 3 is 2.86 bits per heavy atom. The summed E-state index contributed by atoms with van der Waals surface area (Å²) in [6.07, 6.45) is 0. The summed E-state index contributed by atoms with van der Waals surface area (Å²) in [6, 6.07) is 4.56. The molecule has 1 amide bonds. The first kappa shape index (κ1) is 16.3. The number of methoxy groups -OCH3 is 1. The number of hydrogen-bond donors (Lipinski definition) is 2. The van der Waals surface area contributed by atoms with Gasteiger partial charge in [0, 0.05) is 11.9 Å². The normalized spacial score (nSPS) is 12.2. The summed E-state index contributed by atoms with van der Waals surface area (Å²) in [7, 11) is 5.17. The molecule has 0 saturated carbocycles. The third-order valence-electron chi connectivity index (χ3n) is 3.21. The third kappa shape index (κ3) is 3.75. The largest absolute Gasteiger partial charge is 0.504 e. The quantitative estimate of drug-likeness (QED) is 0.848. The third-order valence-corrected chi connectivity index (χ3v) is 3.81. The number of rotatable bonds is 6. The van der Waals surface area contributed by atoms with E-state index >= 15 is 0 Å². The minimum atomic E-state index is -0.426. The van der Waals surface area contributed by atoms with Crippen LogP contribution in [0.25, 0.3) is 0 Å². The topological polar surface area (TPSA) is 74.7 Å². The fourth-order valence-corrected chi connectivity index (χ4v) is 2.68. The summed E-state index contributed by atoms with van der Waals surface area (Å²) < 4.78 is 5.06. The van der Waals surface area contributed by atoms with Gasteiger partial charge in [0.05, 0.1) is 18.3 Å². The number of benzene rings is 1. The molecule has 1 aromatic heterocycles. The number of ether oxygens (including phenoxy) is 1. The second-order valence-corrected chi connectivity index (χ2v) is 5.72. The fourth-order valence-electron chi connectivity index (χ4n) is 2.11. The van der Waals surface area contributed by atoms with Gasteiger partial charge in [0.25, 0.3) is 0 Å². The van der Waals surface area contributed by atoms with E-state index in [2.05, 4.69) is 10.3 Å². The first-order chi connectivity index (χ1) is 10.5. The standard InChI is InChI=1S/C15H19N3O3S/c1-18(2)14(11-8-22-9-17-11)15(20)16-7-10-4-5-12(19)13(6-10)21-3/h4-6,8-9,14,19H,7H2,1-3H3,(H,16,20). The molecule has 1 unspecified atom stereocenters. The molecule has 1 atom stereocenters. The van der Waals surface area contributed by atoms with Gasteiger partial charge < -0.3 is 15.2 Å². The average Bonchev–Trinajstić information content (AvgIpc) is 3.00. The van der Waals surface area contributed by atoms with Crippen molar-refractivity contribution < 1.29 is 14.6 Å². The summed E-state index contributed by atoms with van der Waals surface area (Å²) in [5.74, 6) is 0.338. The maximum atomic E-state index is 12.4. The molecule has 2 aromatic rings. The van der Waals surface area contributed by atoms with Gasteiger partial charge >= 0.3 is 0 Å². The summed E-state index contributed by atoms with van der Waals surface area (Å²) >= 11 is 1.46. The lowest BCUT2D eigenvalue weighted by molar-refractivity contribution is -0.126. The highest BCUT2D eigenvalue weighted by Gasteiger charge is 2.24. The first-order valence-corrected chi connectivity index (χ1v) is 7.65. The second kappa shape index (κ2) is 7.24. The molecule has 2 N–H and O–H groups in total. The molecular weight excluding hydrogens is 302 g/mol. The van der Waals surface area contributed by atoms with Crippen molar-refractivity contribution in [3.63, 3.8) is 0 Å². The van der Waals surface area contributed by atoms with Crippen molar-refractivity contribution in [2.24, 2.45) is 0 Å². The zero-order chi connectivity index (χ0) is 16.1. The number of carbonyl (C=O) groups excluding carboxylic acids is 1. The van der Waals surface area contributed by atoms with Crippen LogP contribution in [-0.2, 0) is 11.3 Å². The van der Waals surface area contributed by atoms with Crippen molar-refractivity contribution in [2.75, 3.05) is 21.2 Å². The number of amides is 1. The number of phenolic OH excluding ortho intramolecular Hbond substituents is 1. The molecular formula is C15H19N3O3S. The van der Waals surface area contributed by atoms with Crippen molar-refractivity contribution in [1.29, 1.82) is 0 Å². The zero-order valence-corrected chi connectivity index (χ0v) is 13.6. The van der Waals surface area contributed by atoms with Crippen LogP contribution < -0.4 is 10.1 Å². The van der Waals surface area contributed by atoms with Crippen LogP contribution in [0.1, 0.15) is 17.3 Å². The molecule has 22 heavy (non-hydrogen) atoms. The van der Waals surface area contributed by atoms with Crippen LogP contribution in [0.5, 0.6) is 11.5 Å². The zero-order valence-electron chi connectivity index (χ0n) is 12.7. The lowest BCUT2D eigenvalue weighted by Gasteiger charge is -2.21. The van der Waals surface area contributed by atoms with E-state index in [-0.39, 0.29) is 11.7 Å². The predicted molar refractivity (Wildman–Crippen MR) is 85.0 cm³/mol. The molecule has 6 nitrogen and oxygen atoms in total. The average molecular weight is 321 g/mol. The molecule has 1 heterocycles. The van der Waals surface area contributed by atoms with Crippen molar-refractivity contribution in [3.8, 4) is 11.5 Å². The van der Waals surface area contributed by atoms with E-state index in [0.29, 0.717) is 12.3 Å². The second-order valence-electron chi connectivity index (χ2n) is 5.00. The van der Waals surface area contributed by atoms with Crippen LogP contribution in [0, 0.1) is 0 Å². The van der Waals surface area contributed by atoms with Crippen LogP contribution in [0.4, 0.5) is 0 Å². The highest BCUT2D eigenvalue weighted by molar-refractivity contribution is 7.07. The van der Waals surface area contributed by atoms with Crippen molar-refractivity contribution >= 4 is 17.2 Å². The minimum absolute atomic E-state index is 0.0752. The molecule has 0 bridgehead atoms. The molecule has 1 aromatic carbocycles. The molecule has 0 aliphatic heterocycles. The molecule has 0 radical (unpaired) electrons. The number of aromatic nitrogens is 1. The Labute approximate surface area is 133 Å². The van der Waals surface area contributed by atoms with Gasteiger partial charge in [-0.15, -0.1) is 11.3 Å². The van der Waals surface area contributed by atoms with Crippen molar-refractivity contribution in [3.05, 3.63) is 40.3 Å². The summed E-state index contributed by atoms with van der Waals surface area (Å²) in [6.45, 7) is 0.351. The molecule has 0 fully saturated rings. The van der Waals surface area contributed by atoms with E-state index < -0.39 is 6.04 Å². The van der Waals surface area contributed by atoms with E-state index in [1.54, 1.807) is 23.7 Å². The first-order valence-electron chi connectivity index (χ1n) is 6.71. The summed E-state index contributed by atoms with van der Waals surface area (Å²) in [5.41, 5.74) is 3.29. The van der Waals surface area contributed by atoms with Gasteiger partial charge in [0.15, 0.2) is 11.5 Å². The van der Waals surface area contributed by atoms with Gasteiger partial charge in [-0.1, -0.05) is 6.07 Å². The number of thiazole rings is 1. The number of nitrogens with zero attached hydrogens (tertiary/aromatic N) is 2. The number of likely N-dealkylation sites (N-methyl/N-ethyl adjacent to an activating group) is 1. The Morgan fingerprint density at radius 2 is 2.27 bits per heavy atom. The Hall–Kier alpha value is -2.12. The molecule has 7 heteroatoms. The van der Waals surface area contributed by atoms with Crippen LogP contribution in [0.3, 0.4) is 0 Å². The van der Waals surface area contributed by atoms with E-state index in [4.69, 9.17) is 4.74 Å². The van der Waals surface area contributed by atoms with E-state index in [9.17, 15) is 9.90 Å². The number of nitrogens with one attached hydrogen (secondary N) is 1. The molecule has 2 rings (SSSR count). The molecule has 0 aliphatic carbocycles. The lowest BCUT2D eigenvalue weighted by atomic mass is 10.1. The number of hydrogen-bond acceptors (Lipinski definition) is 6. The van der Waals surface area contributed by atoms with Gasteiger partial charge in [-0.2, -0.15) is 0 Å². The summed E-state index contributed by atoms with van der Waals surface area (Å²) in [5, 5.41) is 14.3. The van der Waals surface area contributed by atoms with Crippen molar-refractivity contribution in [2.45, 2.75) is 12.6 Å². The SMILES string of the molecule is COc1cc(CNC(=O)C(c2cscn2)N(C)C)ccc1O. The maximum absolute atomic E-state index is 12.4. The van der Waals surface area contributed by atoms with Crippen LogP contribution in [0.15, 0.2) is 29.1 Å². The van der Waals surface area contributed by atoms with E-state index in [0.717, 1.165) is 11.3 Å². The Balaban J connectivity index is 2.05. The molecule has 0 aliphatic rings. The molecule has 118 valence electrons.